The van der Waals surface area contributed by atoms with E-state index in [1.807, 2.05) is 13.8 Å². The number of aromatic nitrogens is 1. The normalized spacial score (nSPS) is 13.3. The van der Waals surface area contributed by atoms with Crippen LogP contribution >= 0.6 is 23.2 Å². The highest BCUT2D eigenvalue weighted by atomic mass is 35.5. The number of rotatable bonds is 13. The number of halogens is 2. The van der Waals surface area contributed by atoms with Crippen molar-refractivity contribution in [2.45, 2.75) is 59.8 Å². The van der Waals surface area contributed by atoms with Crippen molar-refractivity contribution >= 4 is 41.0 Å². The SMILES string of the molecule is COc1ccnc(C(=O)N[C@@H](C)C(=O)O[C@@H](C)[C@H](Oc2ccc(Cl)cc2Cl)C(C)C)c1OCOC(=O)C(C)C. The molecule has 0 radical (unpaired) electrons. The Labute approximate surface area is 238 Å². The van der Waals surface area contributed by atoms with Gasteiger partial charge in [0.25, 0.3) is 5.91 Å². The molecule has 0 unspecified atom stereocenters. The zero-order chi connectivity index (χ0) is 29.3. The zero-order valence-corrected chi connectivity index (χ0v) is 24.5. The van der Waals surface area contributed by atoms with Crippen LogP contribution in [-0.4, -0.2) is 55.0 Å². The van der Waals surface area contributed by atoms with Gasteiger partial charge in [-0.05, 0) is 38.0 Å². The molecule has 12 heteroatoms. The van der Waals surface area contributed by atoms with Crippen LogP contribution in [0.15, 0.2) is 30.5 Å². The van der Waals surface area contributed by atoms with E-state index in [2.05, 4.69) is 10.3 Å². The van der Waals surface area contributed by atoms with E-state index < -0.39 is 42.9 Å². The summed E-state index contributed by atoms with van der Waals surface area (Å²) >= 11 is 12.2. The quantitative estimate of drug-likeness (QED) is 0.253. The molecule has 0 saturated heterocycles. The largest absolute Gasteiger partial charge is 0.493 e. The smallest absolute Gasteiger partial charge is 0.328 e. The molecule has 1 amide bonds. The van der Waals surface area contributed by atoms with Gasteiger partial charge >= 0.3 is 11.9 Å². The van der Waals surface area contributed by atoms with Gasteiger partial charge in [0.2, 0.25) is 6.79 Å². The Morgan fingerprint density at radius 2 is 1.67 bits per heavy atom. The van der Waals surface area contributed by atoms with Gasteiger partial charge in [-0.15, -0.1) is 0 Å². The standard InChI is InChI=1S/C27H34Cl2N2O8/c1-14(2)23(39-20-9-8-18(28)12-19(20)29)17(6)38-27(34)16(5)31-25(32)22-24(21(35-7)10-11-30-22)36-13-37-26(33)15(3)4/h8-12,14-17,23H,13H2,1-7H3,(H,31,32)/t16-,17-,23+/m0/s1. The topological polar surface area (TPSA) is 122 Å². The minimum atomic E-state index is -1.05. The summed E-state index contributed by atoms with van der Waals surface area (Å²) in [4.78, 5) is 41.7. The number of carbonyl (C=O) groups is 3. The number of methoxy groups -OCH3 is 1. The summed E-state index contributed by atoms with van der Waals surface area (Å²) in [5, 5.41) is 3.34. The Balaban J connectivity index is 2.08. The van der Waals surface area contributed by atoms with Crippen LogP contribution in [0.4, 0.5) is 0 Å². The molecule has 39 heavy (non-hydrogen) atoms. The number of nitrogens with zero attached hydrogens (tertiary/aromatic N) is 1. The number of amides is 1. The Hall–Kier alpha value is -3.24. The lowest BCUT2D eigenvalue weighted by atomic mass is 10.0. The lowest BCUT2D eigenvalue weighted by molar-refractivity contribution is -0.156. The second-order valence-corrected chi connectivity index (χ2v) is 10.2. The van der Waals surface area contributed by atoms with Gasteiger partial charge in [-0.1, -0.05) is 50.9 Å². The molecule has 1 heterocycles. The van der Waals surface area contributed by atoms with E-state index in [9.17, 15) is 14.4 Å². The predicted molar refractivity (Wildman–Crippen MR) is 145 cm³/mol. The number of hydrogen-bond donors (Lipinski definition) is 1. The van der Waals surface area contributed by atoms with Crippen LogP contribution in [0, 0.1) is 11.8 Å². The Kier molecular flexibility index (Phi) is 12.1. The summed E-state index contributed by atoms with van der Waals surface area (Å²) in [5.74, 6) is -1.74. The van der Waals surface area contributed by atoms with Crippen LogP contribution in [0.25, 0.3) is 0 Å². The lowest BCUT2D eigenvalue weighted by Gasteiger charge is -2.29. The molecule has 0 fully saturated rings. The molecule has 0 aliphatic heterocycles. The molecule has 0 saturated carbocycles. The number of esters is 2. The van der Waals surface area contributed by atoms with Crippen molar-refractivity contribution in [3.8, 4) is 17.2 Å². The molecule has 3 atom stereocenters. The molecule has 1 aromatic carbocycles. The highest BCUT2D eigenvalue weighted by Crippen LogP contribution is 2.31. The van der Waals surface area contributed by atoms with Gasteiger partial charge < -0.3 is 29.0 Å². The van der Waals surface area contributed by atoms with Crippen LogP contribution in [0.1, 0.15) is 52.0 Å². The van der Waals surface area contributed by atoms with Crippen LogP contribution < -0.4 is 19.5 Å². The molecular formula is C27H34Cl2N2O8. The van der Waals surface area contributed by atoms with Crippen LogP contribution in [-0.2, 0) is 19.1 Å². The number of carbonyl (C=O) groups excluding carboxylic acids is 3. The van der Waals surface area contributed by atoms with Gasteiger partial charge in [0.05, 0.1) is 18.1 Å². The van der Waals surface area contributed by atoms with Crippen LogP contribution in [0.2, 0.25) is 10.0 Å². The molecular weight excluding hydrogens is 551 g/mol. The first-order valence-electron chi connectivity index (χ1n) is 12.3. The van der Waals surface area contributed by atoms with Crippen LogP contribution in [0.5, 0.6) is 17.2 Å². The zero-order valence-electron chi connectivity index (χ0n) is 22.9. The fourth-order valence-corrected chi connectivity index (χ4v) is 3.83. The first-order chi connectivity index (χ1) is 18.3. The van der Waals surface area contributed by atoms with E-state index in [0.717, 1.165) is 0 Å². The van der Waals surface area contributed by atoms with E-state index in [1.54, 1.807) is 39.0 Å². The third kappa shape index (κ3) is 9.18. The van der Waals surface area contributed by atoms with Crippen molar-refractivity contribution in [2.75, 3.05) is 13.9 Å². The molecule has 2 rings (SSSR count). The molecule has 0 bridgehead atoms. The van der Waals surface area contributed by atoms with Gasteiger partial charge in [-0.25, -0.2) is 9.78 Å². The number of ether oxygens (including phenoxy) is 5. The monoisotopic (exact) mass is 584 g/mol. The van der Waals surface area contributed by atoms with Crippen molar-refractivity contribution in [1.29, 1.82) is 0 Å². The lowest BCUT2D eigenvalue weighted by Crippen LogP contribution is -2.44. The highest BCUT2D eigenvalue weighted by molar-refractivity contribution is 6.35. The van der Waals surface area contributed by atoms with Gasteiger partial charge in [-0.3, -0.25) is 9.59 Å². The maximum atomic E-state index is 13.0. The Morgan fingerprint density at radius 1 is 0.974 bits per heavy atom. The fourth-order valence-electron chi connectivity index (χ4n) is 3.37. The maximum Gasteiger partial charge on any atom is 0.328 e. The van der Waals surface area contributed by atoms with Crippen molar-refractivity contribution in [2.24, 2.45) is 11.8 Å². The van der Waals surface area contributed by atoms with Crippen molar-refractivity contribution in [3.63, 3.8) is 0 Å². The average molecular weight is 585 g/mol. The van der Waals surface area contributed by atoms with E-state index in [4.69, 9.17) is 46.9 Å². The first kappa shape index (κ1) is 32.0. The predicted octanol–water partition coefficient (Wildman–Crippen LogP) is 5.09. The third-order valence-electron chi connectivity index (χ3n) is 5.46. The molecule has 0 spiro atoms. The van der Waals surface area contributed by atoms with E-state index in [1.165, 1.54) is 26.3 Å². The fraction of sp³-hybridized carbons (Fsp3) is 0.481. The summed E-state index contributed by atoms with van der Waals surface area (Å²) < 4.78 is 27.4. The molecule has 2 aromatic rings. The number of hydrogen-bond acceptors (Lipinski definition) is 9. The molecule has 214 valence electrons. The Bertz CT molecular complexity index is 1160. The summed E-state index contributed by atoms with van der Waals surface area (Å²) in [5.41, 5.74) is -0.164. The minimum absolute atomic E-state index is 0.0453. The number of nitrogens with one attached hydrogen (secondary N) is 1. The van der Waals surface area contributed by atoms with E-state index in [0.29, 0.717) is 15.8 Å². The second kappa shape index (κ2) is 14.8. The molecule has 0 aliphatic carbocycles. The van der Waals surface area contributed by atoms with E-state index >= 15 is 0 Å². The summed E-state index contributed by atoms with van der Waals surface area (Å²) in [6.07, 6.45) is 0.121. The molecule has 1 N–H and O–H groups in total. The number of pyridine rings is 1. The average Bonchev–Trinajstić information content (AvgIpc) is 2.87. The molecule has 10 nitrogen and oxygen atoms in total. The maximum absolute atomic E-state index is 13.0. The van der Waals surface area contributed by atoms with Gasteiger partial charge in [-0.2, -0.15) is 0 Å². The molecule has 0 aliphatic rings. The Morgan fingerprint density at radius 3 is 2.26 bits per heavy atom. The highest BCUT2D eigenvalue weighted by Gasteiger charge is 2.30. The summed E-state index contributed by atoms with van der Waals surface area (Å²) in [7, 11) is 1.38. The van der Waals surface area contributed by atoms with Gasteiger partial charge in [0.15, 0.2) is 17.2 Å². The second-order valence-electron chi connectivity index (χ2n) is 9.31. The number of benzene rings is 1. The van der Waals surface area contributed by atoms with Crippen molar-refractivity contribution in [3.05, 3.63) is 46.2 Å². The first-order valence-corrected chi connectivity index (χ1v) is 13.1. The van der Waals surface area contributed by atoms with Crippen molar-refractivity contribution < 1.29 is 38.1 Å². The van der Waals surface area contributed by atoms with E-state index in [-0.39, 0.29) is 29.0 Å². The van der Waals surface area contributed by atoms with Gasteiger partial charge in [0.1, 0.15) is 24.0 Å². The summed E-state index contributed by atoms with van der Waals surface area (Å²) in [6.45, 7) is 9.89. The summed E-state index contributed by atoms with van der Waals surface area (Å²) in [6, 6.07) is 5.28. The third-order valence-corrected chi connectivity index (χ3v) is 5.99. The van der Waals surface area contributed by atoms with Crippen molar-refractivity contribution in [1.82, 2.24) is 10.3 Å². The minimum Gasteiger partial charge on any atom is -0.493 e. The molecule has 1 aromatic heterocycles. The van der Waals surface area contributed by atoms with Gasteiger partial charge in [0, 0.05) is 17.3 Å². The van der Waals surface area contributed by atoms with Crippen LogP contribution in [0.3, 0.4) is 0 Å².